The Morgan fingerprint density at radius 3 is 2.25 bits per heavy atom. The number of rotatable bonds is 5. The highest BCUT2D eigenvalue weighted by Gasteiger charge is 2.35. The van der Waals surface area contributed by atoms with Gasteiger partial charge in [-0.05, 0) is 47.4 Å². The number of carbonyl (C=O) groups excluding carboxylic acids is 1. The third-order valence-electron chi connectivity index (χ3n) is 5.93. The molecule has 3 aromatic carbocycles. The van der Waals surface area contributed by atoms with Crippen LogP contribution in [0.25, 0.3) is 10.8 Å². The van der Waals surface area contributed by atoms with Crippen molar-refractivity contribution in [2.45, 2.75) is 24.3 Å². The molecule has 1 saturated heterocycles. The molecule has 0 aliphatic carbocycles. The van der Waals surface area contributed by atoms with E-state index in [2.05, 4.69) is 24.3 Å². The van der Waals surface area contributed by atoms with Crippen LogP contribution in [0.3, 0.4) is 0 Å². The predicted octanol–water partition coefficient (Wildman–Crippen LogP) is 5.21. The molecule has 1 amide bonds. The Morgan fingerprint density at radius 1 is 0.969 bits per heavy atom. The number of nitrogens with zero attached hydrogens (tertiary/aromatic N) is 2. The Hall–Kier alpha value is -2.12. The normalized spacial score (nSPS) is 15.7. The zero-order valence-corrected chi connectivity index (χ0v) is 20.0. The van der Waals surface area contributed by atoms with Crippen LogP contribution in [0.2, 0.25) is 10.0 Å². The number of sulfonamides is 1. The SMILES string of the molecule is CN(Cc1ccc2ccccc2c1)C(=O)C1CCN(S(=O)(=O)c2c(Cl)cccc2Cl)CC1. The number of fused-ring (bicyclic) bond motifs is 1. The fourth-order valence-corrected chi connectivity index (χ4v) is 6.76. The maximum Gasteiger partial charge on any atom is 0.246 e. The zero-order chi connectivity index (χ0) is 22.9. The molecule has 1 fully saturated rings. The van der Waals surface area contributed by atoms with Gasteiger partial charge in [-0.15, -0.1) is 0 Å². The monoisotopic (exact) mass is 490 g/mol. The van der Waals surface area contributed by atoms with Crippen LogP contribution in [-0.4, -0.2) is 43.7 Å². The van der Waals surface area contributed by atoms with E-state index in [0.717, 1.165) is 16.3 Å². The summed E-state index contributed by atoms with van der Waals surface area (Å²) in [6.07, 6.45) is 0.921. The minimum Gasteiger partial charge on any atom is -0.341 e. The second kappa shape index (κ2) is 9.40. The van der Waals surface area contributed by atoms with E-state index in [4.69, 9.17) is 23.2 Å². The first kappa shape index (κ1) is 23.1. The summed E-state index contributed by atoms with van der Waals surface area (Å²) in [7, 11) is -2.02. The van der Waals surface area contributed by atoms with Crippen LogP contribution < -0.4 is 0 Å². The first-order chi connectivity index (χ1) is 15.3. The topological polar surface area (TPSA) is 57.7 Å². The van der Waals surface area contributed by atoms with Crippen molar-refractivity contribution in [3.63, 3.8) is 0 Å². The van der Waals surface area contributed by atoms with Crippen LogP contribution in [0.5, 0.6) is 0 Å². The molecule has 5 nitrogen and oxygen atoms in total. The molecule has 0 atom stereocenters. The molecular formula is C24H24Cl2N2O3S. The van der Waals surface area contributed by atoms with Gasteiger partial charge >= 0.3 is 0 Å². The van der Waals surface area contributed by atoms with Crippen LogP contribution in [0.4, 0.5) is 0 Å². The van der Waals surface area contributed by atoms with Gasteiger partial charge in [-0.25, -0.2) is 8.42 Å². The lowest BCUT2D eigenvalue weighted by Gasteiger charge is -2.33. The van der Waals surface area contributed by atoms with E-state index in [9.17, 15) is 13.2 Å². The second-order valence-corrected chi connectivity index (χ2v) is 10.8. The summed E-state index contributed by atoms with van der Waals surface area (Å²) in [6, 6.07) is 19.0. The summed E-state index contributed by atoms with van der Waals surface area (Å²) >= 11 is 12.2. The number of hydrogen-bond acceptors (Lipinski definition) is 3. The van der Waals surface area contributed by atoms with Crippen LogP contribution >= 0.6 is 23.2 Å². The minimum atomic E-state index is -3.82. The maximum absolute atomic E-state index is 13.0. The van der Waals surface area contributed by atoms with E-state index < -0.39 is 10.0 Å². The van der Waals surface area contributed by atoms with Gasteiger partial charge in [0.2, 0.25) is 15.9 Å². The molecule has 0 N–H and O–H groups in total. The van der Waals surface area contributed by atoms with Crippen molar-refractivity contribution in [2.24, 2.45) is 5.92 Å². The zero-order valence-electron chi connectivity index (χ0n) is 17.7. The number of hydrogen-bond donors (Lipinski definition) is 0. The number of halogens is 2. The standard InChI is InChI=1S/C24H24Cl2N2O3S/c1-27(16-17-9-10-18-5-2-3-6-20(18)15-17)24(29)19-11-13-28(14-12-19)32(30,31)23-21(25)7-4-8-22(23)26/h2-10,15,19H,11-14,16H2,1H3. The van der Waals surface area contributed by atoms with Gasteiger partial charge < -0.3 is 4.90 Å². The molecule has 1 aliphatic rings. The fraction of sp³-hybridized carbons (Fsp3) is 0.292. The molecule has 0 aromatic heterocycles. The molecule has 3 aromatic rings. The Labute approximate surface area is 198 Å². The summed E-state index contributed by atoms with van der Waals surface area (Å²) in [6.45, 7) is 1.02. The highest BCUT2D eigenvalue weighted by atomic mass is 35.5. The first-order valence-corrected chi connectivity index (χ1v) is 12.6. The molecule has 8 heteroatoms. The van der Waals surface area contributed by atoms with Gasteiger partial charge in [0.05, 0.1) is 10.0 Å². The average Bonchev–Trinajstić information content (AvgIpc) is 2.78. The smallest absolute Gasteiger partial charge is 0.246 e. The largest absolute Gasteiger partial charge is 0.341 e. The van der Waals surface area contributed by atoms with Gasteiger partial charge in [-0.2, -0.15) is 4.31 Å². The summed E-state index contributed by atoms with van der Waals surface area (Å²) in [5, 5.41) is 2.51. The molecule has 4 rings (SSSR count). The lowest BCUT2D eigenvalue weighted by atomic mass is 9.96. The molecule has 0 saturated carbocycles. The van der Waals surface area contributed by atoms with Crippen molar-refractivity contribution in [3.05, 3.63) is 76.3 Å². The summed E-state index contributed by atoms with van der Waals surface area (Å²) in [5.41, 5.74) is 1.06. The van der Waals surface area contributed by atoms with Crippen LogP contribution in [0.15, 0.2) is 65.6 Å². The number of piperidine rings is 1. The van der Waals surface area contributed by atoms with Crippen molar-refractivity contribution in [2.75, 3.05) is 20.1 Å². The first-order valence-electron chi connectivity index (χ1n) is 10.4. The predicted molar refractivity (Wildman–Crippen MR) is 128 cm³/mol. The van der Waals surface area contributed by atoms with Gasteiger partial charge in [0, 0.05) is 32.6 Å². The lowest BCUT2D eigenvalue weighted by molar-refractivity contribution is -0.135. The van der Waals surface area contributed by atoms with Gasteiger partial charge in [-0.3, -0.25) is 4.79 Å². The molecule has 168 valence electrons. The summed E-state index contributed by atoms with van der Waals surface area (Å²) in [5.74, 6) is -0.181. The molecular weight excluding hydrogens is 467 g/mol. The van der Waals surface area contributed by atoms with Crippen LogP contribution in [0.1, 0.15) is 18.4 Å². The molecule has 1 aliphatic heterocycles. The third-order valence-corrected chi connectivity index (χ3v) is 8.78. The van der Waals surface area contributed by atoms with Crippen LogP contribution in [-0.2, 0) is 21.4 Å². The van der Waals surface area contributed by atoms with E-state index in [1.54, 1.807) is 18.0 Å². The van der Waals surface area contributed by atoms with Crippen molar-refractivity contribution >= 4 is 49.9 Å². The van der Waals surface area contributed by atoms with Gasteiger partial charge in [0.15, 0.2) is 0 Å². The van der Waals surface area contributed by atoms with Crippen LogP contribution in [0, 0.1) is 5.92 Å². The Morgan fingerprint density at radius 2 is 1.59 bits per heavy atom. The average molecular weight is 491 g/mol. The Bertz CT molecular complexity index is 1230. The minimum absolute atomic E-state index is 0.0333. The number of carbonyl (C=O) groups is 1. The Kier molecular flexibility index (Phi) is 6.77. The maximum atomic E-state index is 13.0. The number of amides is 1. The van der Waals surface area contributed by atoms with Crippen molar-refractivity contribution in [3.8, 4) is 0 Å². The Balaban J connectivity index is 1.40. The number of benzene rings is 3. The highest BCUT2D eigenvalue weighted by molar-refractivity contribution is 7.89. The van der Waals surface area contributed by atoms with Crippen molar-refractivity contribution in [1.29, 1.82) is 0 Å². The van der Waals surface area contributed by atoms with Gasteiger partial charge in [0.25, 0.3) is 0 Å². The third kappa shape index (κ3) is 4.64. The van der Waals surface area contributed by atoms with Gasteiger partial charge in [0.1, 0.15) is 4.90 Å². The van der Waals surface area contributed by atoms with Gasteiger partial charge in [-0.1, -0.05) is 65.7 Å². The van der Waals surface area contributed by atoms with E-state index in [0.29, 0.717) is 19.4 Å². The highest BCUT2D eigenvalue weighted by Crippen LogP contribution is 2.33. The van der Waals surface area contributed by atoms with Crippen molar-refractivity contribution < 1.29 is 13.2 Å². The van der Waals surface area contributed by atoms with E-state index >= 15 is 0 Å². The van der Waals surface area contributed by atoms with Crippen molar-refractivity contribution in [1.82, 2.24) is 9.21 Å². The fourth-order valence-electron chi connectivity index (χ4n) is 4.20. The molecule has 1 heterocycles. The molecule has 32 heavy (non-hydrogen) atoms. The van der Waals surface area contributed by atoms with E-state index in [-0.39, 0.29) is 39.9 Å². The quantitative estimate of drug-likeness (QED) is 0.493. The molecule has 0 bridgehead atoms. The van der Waals surface area contributed by atoms with E-state index in [1.807, 2.05) is 18.2 Å². The summed E-state index contributed by atoms with van der Waals surface area (Å²) < 4.78 is 27.5. The molecule has 0 spiro atoms. The molecule has 0 radical (unpaired) electrons. The summed E-state index contributed by atoms with van der Waals surface area (Å²) in [4.78, 5) is 14.7. The van der Waals surface area contributed by atoms with E-state index in [1.165, 1.54) is 16.4 Å². The lowest BCUT2D eigenvalue weighted by Crippen LogP contribution is -2.43. The second-order valence-electron chi connectivity index (χ2n) is 8.10. The molecule has 0 unspecified atom stereocenters.